The molecule has 0 unspecified atom stereocenters. The van der Waals surface area contributed by atoms with E-state index in [-0.39, 0.29) is 5.56 Å². The summed E-state index contributed by atoms with van der Waals surface area (Å²) in [5, 5.41) is 18.6. The largest absolute Gasteiger partial charge is 0.385 e. The van der Waals surface area contributed by atoms with Gasteiger partial charge < -0.3 is 5.11 Å². The van der Waals surface area contributed by atoms with Crippen molar-refractivity contribution in [3.8, 4) is 6.07 Å². The lowest BCUT2D eigenvalue weighted by Gasteiger charge is -2.37. The summed E-state index contributed by atoms with van der Waals surface area (Å²) in [5.41, 5.74) is -0.374. The van der Waals surface area contributed by atoms with Crippen LogP contribution >= 0.6 is 0 Å². The lowest BCUT2D eigenvalue weighted by Crippen LogP contribution is -2.34. The Morgan fingerprint density at radius 1 is 1.43 bits per heavy atom. The number of rotatable bonds is 1. The number of hydrogen-bond donors (Lipinski definition) is 1. The summed E-state index contributed by atoms with van der Waals surface area (Å²) in [5.74, 6) is -0.425. The Kier molecular flexibility index (Phi) is 2.01. The minimum atomic E-state index is -1.03. The van der Waals surface area contributed by atoms with Crippen LogP contribution < -0.4 is 0 Å². The number of halogens is 1. The number of nitrogens with zero attached hydrogens (tertiary/aromatic N) is 1. The Labute approximate surface area is 81.6 Å². The minimum Gasteiger partial charge on any atom is -0.385 e. The van der Waals surface area contributed by atoms with Crippen LogP contribution in [0.3, 0.4) is 0 Å². The first-order valence-electron chi connectivity index (χ1n) is 4.58. The maximum Gasteiger partial charge on any atom is 0.129 e. The fourth-order valence-electron chi connectivity index (χ4n) is 1.73. The van der Waals surface area contributed by atoms with Gasteiger partial charge in [-0.3, -0.25) is 0 Å². The summed E-state index contributed by atoms with van der Waals surface area (Å²) in [6, 6.07) is 6.03. The second-order valence-corrected chi connectivity index (χ2v) is 3.69. The van der Waals surface area contributed by atoms with Crippen LogP contribution in [0.15, 0.2) is 18.2 Å². The number of hydrogen-bond acceptors (Lipinski definition) is 2. The van der Waals surface area contributed by atoms with E-state index in [1.807, 2.05) is 6.07 Å². The molecule has 0 bridgehead atoms. The molecule has 3 heteroatoms. The van der Waals surface area contributed by atoms with E-state index in [1.165, 1.54) is 18.2 Å². The monoisotopic (exact) mass is 191 g/mol. The molecule has 0 amide bonds. The van der Waals surface area contributed by atoms with Gasteiger partial charge in [0.25, 0.3) is 0 Å². The Hall–Kier alpha value is -1.40. The van der Waals surface area contributed by atoms with Gasteiger partial charge >= 0.3 is 0 Å². The Morgan fingerprint density at radius 3 is 2.64 bits per heavy atom. The van der Waals surface area contributed by atoms with Crippen molar-refractivity contribution in [3.63, 3.8) is 0 Å². The molecule has 1 aliphatic rings. The van der Waals surface area contributed by atoms with Crippen LogP contribution in [0.1, 0.15) is 30.4 Å². The van der Waals surface area contributed by atoms with E-state index in [0.717, 1.165) is 6.42 Å². The van der Waals surface area contributed by atoms with Crippen molar-refractivity contribution in [1.29, 1.82) is 5.26 Å². The zero-order valence-corrected chi connectivity index (χ0v) is 7.63. The van der Waals surface area contributed by atoms with Crippen molar-refractivity contribution in [2.75, 3.05) is 0 Å². The molecule has 2 nitrogen and oxygen atoms in total. The number of aliphatic hydroxyl groups is 1. The lowest BCUT2D eigenvalue weighted by molar-refractivity contribution is -0.0416. The summed E-state index contributed by atoms with van der Waals surface area (Å²) in [7, 11) is 0. The van der Waals surface area contributed by atoms with Gasteiger partial charge in [0.15, 0.2) is 0 Å². The molecule has 1 fully saturated rings. The maximum atomic E-state index is 13.4. The van der Waals surface area contributed by atoms with Crippen molar-refractivity contribution in [3.05, 3.63) is 35.1 Å². The highest BCUT2D eigenvalue weighted by Crippen LogP contribution is 2.42. The van der Waals surface area contributed by atoms with Crippen LogP contribution in [0.25, 0.3) is 0 Å². The SMILES string of the molecule is N#Cc1ccc(F)c(C2(O)CCC2)c1. The predicted octanol–water partition coefficient (Wildman–Crippen LogP) is 2.07. The molecule has 14 heavy (non-hydrogen) atoms. The van der Waals surface area contributed by atoms with Crippen LogP contribution in [-0.4, -0.2) is 5.11 Å². The molecular formula is C11H10FNO. The highest BCUT2D eigenvalue weighted by molar-refractivity contribution is 5.37. The highest BCUT2D eigenvalue weighted by Gasteiger charge is 2.38. The summed E-state index contributed by atoms with van der Waals surface area (Å²) < 4.78 is 13.4. The second-order valence-electron chi connectivity index (χ2n) is 3.69. The van der Waals surface area contributed by atoms with Crippen molar-refractivity contribution < 1.29 is 9.50 Å². The molecule has 0 radical (unpaired) electrons. The predicted molar refractivity (Wildman–Crippen MR) is 48.9 cm³/mol. The van der Waals surface area contributed by atoms with Gasteiger partial charge in [-0.25, -0.2) is 4.39 Å². The Morgan fingerprint density at radius 2 is 2.14 bits per heavy atom. The number of nitriles is 1. The minimum absolute atomic E-state index is 0.266. The molecule has 2 rings (SSSR count). The van der Waals surface area contributed by atoms with Gasteiger partial charge in [0.2, 0.25) is 0 Å². The van der Waals surface area contributed by atoms with E-state index >= 15 is 0 Å². The zero-order valence-electron chi connectivity index (χ0n) is 7.63. The molecule has 1 aromatic carbocycles. The van der Waals surface area contributed by atoms with Gasteiger partial charge in [0.05, 0.1) is 17.2 Å². The molecule has 1 aromatic rings. The van der Waals surface area contributed by atoms with E-state index < -0.39 is 11.4 Å². The van der Waals surface area contributed by atoms with Crippen LogP contribution in [0, 0.1) is 17.1 Å². The second kappa shape index (κ2) is 3.07. The van der Waals surface area contributed by atoms with Crippen molar-refractivity contribution in [2.24, 2.45) is 0 Å². The molecular weight excluding hydrogens is 181 g/mol. The van der Waals surface area contributed by atoms with Crippen LogP contribution in [-0.2, 0) is 5.60 Å². The molecule has 1 N–H and O–H groups in total. The average Bonchev–Trinajstić information content (AvgIpc) is 2.15. The fourth-order valence-corrected chi connectivity index (χ4v) is 1.73. The third-order valence-corrected chi connectivity index (χ3v) is 2.78. The summed E-state index contributed by atoms with van der Waals surface area (Å²) in [6.45, 7) is 0. The average molecular weight is 191 g/mol. The van der Waals surface area contributed by atoms with Gasteiger partial charge in [0.1, 0.15) is 5.82 Å². The molecule has 0 atom stereocenters. The van der Waals surface area contributed by atoms with Crippen molar-refractivity contribution in [1.82, 2.24) is 0 Å². The van der Waals surface area contributed by atoms with Gasteiger partial charge in [-0.1, -0.05) is 0 Å². The zero-order chi connectivity index (χ0) is 10.2. The molecule has 72 valence electrons. The summed E-state index contributed by atoms with van der Waals surface area (Å²) in [6.07, 6.45) is 2.07. The van der Waals surface area contributed by atoms with Gasteiger partial charge in [0, 0.05) is 5.56 Å². The molecule has 0 aliphatic heterocycles. The summed E-state index contributed by atoms with van der Waals surface area (Å²) in [4.78, 5) is 0. The van der Waals surface area contributed by atoms with E-state index in [0.29, 0.717) is 18.4 Å². The quantitative estimate of drug-likeness (QED) is 0.738. The van der Waals surface area contributed by atoms with Gasteiger partial charge in [-0.05, 0) is 37.5 Å². The third kappa shape index (κ3) is 1.28. The summed E-state index contributed by atoms with van der Waals surface area (Å²) >= 11 is 0. The molecule has 0 aromatic heterocycles. The normalized spacial score (nSPS) is 18.4. The van der Waals surface area contributed by atoms with Gasteiger partial charge in [-0.15, -0.1) is 0 Å². The Bertz CT molecular complexity index is 404. The first-order valence-corrected chi connectivity index (χ1v) is 4.58. The van der Waals surface area contributed by atoms with Gasteiger partial charge in [-0.2, -0.15) is 5.26 Å². The van der Waals surface area contributed by atoms with Crippen LogP contribution in [0.5, 0.6) is 0 Å². The van der Waals surface area contributed by atoms with Crippen LogP contribution in [0.4, 0.5) is 4.39 Å². The Balaban J connectivity index is 2.46. The smallest absolute Gasteiger partial charge is 0.129 e. The third-order valence-electron chi connectivity index (χ3n) is 2.78. The van der Waals surface area contributed by atoms with E-state index in [4.69, 9.17) is 5.26 Å². The standard InChI is InChI=1S/C11H10FNO/c12-10-3-2-8(7-13)6-9(10)11(14)4-1-5-11/h2-3,6,14H,1,4-5H2. The maximum absolute atomic E-state index is 13.4. The molecule has 0 heterocycles. The first-order chi connectivity index (χ1) is 6.65. The highest BCUT2D eigenvalue weighted by atomic mass is 19.1. The fraction of sp³-hybridized carbons (Fsp3) is 0.364. The van der Waals surface area contributed by atoms with E-state index in [1.54, 1.807) is 0 Å². The molecule has 1 aliphatic carbocycles. The first kappa shape index (κ1) is 9.17. The van der Waals surface area contributed by atoms with E-state index in [9.17, 15) is 9.50 Å². The topological polar surface area (TPSA) is 44.0 Å². The van der Waals surface area contributed by atoms with Crippen molar-refractivity contribution >= 4 is 0 Å². The number of benzene rings is 1. The lowest BCUT2D eigenvalue weighted by atomic mass is 9.74. The van der Waals surface area contributed by atoms with Crippen LogP contribution in [0.2, 0.25) is 0 Å². The molecule has 0 spiro atoms. The molecule has 1 saturated carbocycles. The molecule has 0 saturated heterocycles. The van der Waals surface area contributed by atoms with Crippen molar-refractivity contribution in [2.45, 2.75) is 24.9 Å². The van der Waals surface area contributed by atoms with E-state index in [2.05, 4.69) is 0 Å².